The normalized spacial score (nSPS) is 12.8. The van der Waals surface area contributed by atoms with Gasteiger partial charge in [-0.1, -0.05) is 62.4 Å². The van der Waals surface area contributed by atoms with Crippen LogP contribution in [0.5, 0.6) is 0 Å². The Labute approximate surface area is 149 Å². The van der Waals surface area contributed by atoms with Crippen LogP contribution in [0.25, 0.3) is 0 Å². The second-order valence-corrected chi connectivity index (χ2v) is 6.49. The van der Waals surface area contributed by atoms with Crippen molar-refractivity contribution in [3.63, 3.8) is 0 Å². The highest BCUT2D eigenvalue weighted by Crippen LogP contribution is 2.16. The Morgan fingerprint density at radius 1 is 1.04 bits per heavy atom. The average Bonchev–Trinajstić information content (AvgIpc) is 2.60. The van der Waals surface area contributed by atoms with E-state index in [2.05, 4.69) is 24.2 Å². The fourth-order valence-electron chi connectivity index (χ4n) is 2.33. The summed E-state index contributed by atoms with van der Waals surface area (Å²) >= 11 is 0. The van der Waals surface area contributed by atoms with Crippen molar-refractivity contribution in [1.82, 2.24) is 5.32 Å². The second-order valence-electron chi connectivity index (χ2n) is 6.49. The van der Waals surface area contributed by atoms with Crippen molar-refractivity contribution in [3.05, 3.63) is 71.3 Å². The Hall–Kier alpha value is -2.62. The number of aryl methyl sites for hydroxylation is 1. The molecule has 0 aliphatic carbocycles. The lowest BCUT2D eigenvalue weighted by atomic mass is 10.1. The number of carbonyl (C=O) groups excluding carboxylic acids is 1. The van der Waals surface area contributed by atoms with Crippen molar-refractivity contribution in [2.24, 2.45) is 10.9 Å². The summed E-state index contributed by atoms with van der Waals surface area (Å²) < 4.78 is 5.75. The first kappa shape index (κ1) is 18.7. The molecule has 0 aliphatic heterocycles. The Kier molecular flexibility index (Phi) is 6.75. The first-order valence-corrected chi connectivity index (χ1v) is 8.60. The largest absolute Gasteiger partial charge is 0.465 e. The Balaban J connectivity index is 2.19. The fraction of sp³-hybridized carbons (Fsp3) is 0.333. The Morgan fingerprint density at radius 3 is 2.32 bits per heavy atom. The zero-order valence-electron chi connectivity index (χ0n) is 15.3. The summed E-state index contributed by atoms with van der Waals surface area (Å²) in [7, 11) is 0. The fourth-order valence-corrected chi connectivity index (χ4v) is 2.33. The number of benzene rings is 2. The molecule has 4 heteroatoms. The van der Waals surface area contributed by atoms with E-state index in [9.17, 15) is 4.79 Å². The summed E-state index contributed by atoms with van der Waals surface area (Å²) in [6.45, 7) is 8.50. The Morgan fingerprint density at radius 2 is 1.68 bits per heavy atom. The van der Waals surface area contributed by atoms with Crippen molar-refractivity contribution >= 4 is 11.9 Å². The van der Waals surface area contributed by atoms with Gasteiger partial charge in [0.15, 0.2) is 0 Å². The molecule has 2 rings (SSSR count). The van der Waals surface area contributed by atoms with Crippen LogP contribution in [0, 0.1) is 12.8 Å². The van der Waals surface area contributed by atoms with Gasteiger partial charge in [-0.05, 0) is 37.0 Å². The van der Waals surface area contributed by atoms with E-state index < -0.39 is 0 Å². The monoisotopic (exact) mass is 338 g/mol. The minimum absolute atomic E-state index is 0.111. The van der Waals surface area contributed by atoms with Crippen LogP contribution in [0.4, 0.5) is 0 Å². The summed E-state index contributed by atoms with van der Waals surface area (Å²) in [5.41, 5.74) is 2.60. The van der Waals surface area contributed by atoms with Gasteiger partial charge in [0.1, 0.15) is 0 Å². The molecular formula is C21H26N2O2. The second kappa shape index (κ2) is 9.02. The van der Waals surface area contributed by atoms with Crippen LogP contribution in [-0.4, -0.2) is 18.5 Å². The minimum atomic E-state index is -0.208. The number of nitrogens with one attached hydrogen (secondary N) is 1. The number of amidine groups is 1. The summed E-state index contributed by atoms with van der Waals surface area (Å²) in [4.78, 5) is 17.1. The van der Waals surface area contributed by atoms with E-state index in [-0.39, 0.29) is 18.0 Å². The van der Waals surface area contributed by atoms with Gasteiger partial charge in [-0.25, -0.2) is 4.99 Å². The van der Waals surface area contributed by atoms with Gasteiger partial charge in [0.25, 0.3) is 11.9 Å². The van der Waals surface area contributed by atoms with Crippen LogP contribution in [0.1, 0.15) is 48.3 Å². The standard InChI is InChI=1S/C21H26N2O2/c1-15(2)14-25-21(22-17(4)18-11-6-5-7-12-18)23-20(24)19-13-9-8-10-16(19)3/h5-13,15,17H,14H2,1-4H3,(H,22,23,24)/t17-/m1/s1. The molecule has 0 radical (unpaired) electrons. The van der Waals surface area contributed by atoms with Crippen molar-refractivity contribution in [2.75, 3.05) is 6.61 Å². The topological polar surface area (TPSA) is 50.7 Å². The van der Waals surface area contributed by atoms with E-state index in [1.165, 1.54) is 0 Å². The SMILES string of the molecule is Cc1ccccc1C(=O)NC(=N[C@H](C)c1ccccc1)OCC(C)C. The molecule has 0 saturated heterocycles. The average molecular weight is 338 g/mol. The lowest BCUT2D eigenvalue weighted by molar-refractivity contribution is 0.0962. The smallest absolute Gasteiger partial charge is 0.292 e. The van der Waals surface area contributed by atoms with Gasteiger partial charge in [-0.3, -0.25) is 10.1 Å². The van der Waals surface area contributed by atoms with Crippen LogP contribution in [0.15, 0.2) is 59.6 Å². The van der Waals surface area contributed by atoms with Crippen LogP contribution in [0.2, 0.25) is 0 Å². The van der Waals surface area contributed by atoms with Crippen molar-refractivity contribution in [2.45, 2.75) is 33.7 Å². The molecule has 0 aromatic heterocycles. The number of rotatable bonds is 5. The van der Waals surface area contributed by atoms with E-state index in [0.29, 0.717) is 18.1 Å². The molecule has 0 bridgehead atoms. The Bertz CT molecular complexity index is 724. The highest BCUT2D eigenvalue weighted by molar-refractivity contribution is 6.05. The molecule has 1 atom stereocenters. The maximum Gasteiger partial charge on any atom is 0.292 e. The van der Waals surface area contributed by atoms with E-state index >= 15 is 0 Å². The maximum absolute atomic E-state index is 12.6. The predicted octanol–water partition coefficient (Wildman–Crippen LogP) is 4.51. The zero-order chi connectivity index (χ0) is 18.2. The molecule has 0 heterocycles. The van der Waals surface area contributed by atoms with Gasteiger partial charge >= 0.3 is 0 Å². The first-order chi connectivity index (χ1) is 12.0. The number of hydrogen-bond donors (Lipinski definition) is 1. The molecule has 132 valence electrons. The molecule has 25 heavy (non-hydrogen) atoms. The van der Waals surface area contributed by atoms with E-state index in [0.717, 1.165) is 11.1 Å². The summed E-state index contributed by atoms with van der Waals surface area (Å²) in [5, 5.41) is 2.82. The summed E-state index contributed by atoms with van der Waals surface area (Å²) in [6, 6.07) is 17.6. The number of aliphatic imine (C=N–C) groups is 1. The van der Waals surface area contributed by atoms with E-state index in [4.69, 9.17) is 4.74 Å². The molecule has 1 N–H and O–H groups in total. The zero-order valence-corrected chi connectivity index (χ0v) is 15.3. The third-order valence-electron chi connectivity index (χ3n) is 3.76. The lowest BCUT2D eigenvalue weighted by Crippen LogP contribution is -2.34. The highest BCUT2D eigenvalue weighted by Gasteiger charge is 2.14. The van der Waals surface area contributed by atoms with Crippen LogP contribution in [-0.2, 0) is 4.74 Å². The number of hydrogen-bond acceptors (Lipinski definition) is 3. The van der Waals surface area contributed by atoms with E-state index in [1.807, 2.05) is 62.4 Å². The number of amides is 1. The summed E-state index contributed by atoms with van der Waals surface area (Å²) in [6.07, 6.45) is 0. The molecule has 2 aromatic rings. The van der Waals surface area contributed by atoms with Crippen molar-refractivity contribution < 1.29 is 9.53 Å². The van der Waals surface area contributed by atoms with Gasteiger partial charge < -0.3 is 4.74 Å². The van der Waals surface area contributed by atoms with Crippen molar-refractivity contribution in [3.8, 4) is 0 Å². The molecule has 0 spiro atoms. The lowest BCUT2D eigenvalue weighted by Gasteiger charge is -2.15. The molecular weight excluding hydrogens is 312 g/mol. The number of carbonyl (C=O) groups is 1. The third-order valence-corrected chi connectivity index (χ3v) is 3.76. The highest BCUT2D eigenvalue weighted by atomic mass is 16.5. The van der Waals surface area contributed by atoms with Crippen molar-refractivity contribution in [1.29, 1.82) is 0 Å². The van der Waals surface area contributed by atoms with Gasteiger partial charge in [-0.2, -0.15) is 0 Å². The minimum Gasteiger partial charge on any atom is -0.465 e. The van der Waals surface area contributed by atoms with E-state index in [1.54, 1.807) is 6.07 Å². The maximum atomic E-state index is 12.6. The molecule has 0 saturated carbocycles. The van der Waals surface area contributed by atoms with Gasteiger partial charge in [0.05, 0.1) is 12.6 Å². The molecule has 0 aliphatic rings. The molecule has 0 unspecified atom stereocenters. The van der Waals surface area contributed by atoms with Gasteiger partial charge in [-0.15, -0.1) is 0 Å². The molecule has 2 aromatic carbocycles. The molecule has 0 fully saturated rings. The third kappa shape index (κ3) is 5.75. The first-order valence-electron chi connectivity index (χ1n) is 8.60. The van der Waals surface area contributed by atoms with Crippen LogP contribution < -0.4 is 5.32 Å². The predicted molar refractivity (Wildman–Crippen MR) is 102 cm³/mol. The van der Waals surface area contributed by atoms with Gasteiger partial charge in [0.2, 0.25) is 0 Å². The molecule has 4 nitrogen and oxygen atoms in total. The number of ether oxygens (including phenoxy) is 1. The van der Waals surface area contributed by atoms with Crippen LogP contribution in [0.3, 0.4) is 0 Å². The molecule has 1 amide bonds. The van der Waals surface area contributed by atoms with Crippen LogP contribution >= 0.6 is 0 Å². The number of nitrogens with zero attached hydrogens (tertiary/aromatic N) is 1. The quantitative estimate of drug-likeness (QED) is 0.644. The van der Waals surface area contributed by atoms with Gasteiger partial charge in [0, 0.05) is 5.56 Å². The summed E-state index contributed by atoms with van der Waals surface area (Å²) in [5.74, 6) is 0.133.